The number of carbonyl (C=O) groups is 2. The molecule has 0 aromatic carbocycles. The Labute approximate surface area is 160 Å². The summed E-state index contributed by atoms with van der Waals surface area (Å²) in [5.41, 5.74) is 0.883. The Balaban J connectivity index is 1.41. The molecular weight excluding hydrogens is 348 g/mol. The molecule has 0 unspecified atom stereocenters. The fraction of sp³-hybridized carbons (Fsp3) is 0.737. The lowest BCUT2D eigenvalue weighted by Gasteiger charge is -2.33. The van der Waals surface area contributed by atoms with E-state index in [2.05, 4.69) is 15.4 Å². The molecule has 0 bridgehead atoms. The van der Waals surface area contributed by atoms with E-state index in [0.717, 1.165) is 51.4 Å². The second-order valence-electron chi connectivity index (χ2n) is 7.24. The fourth-order valence-corrected chi connectivity index (χ4v) is 3.58. The molecule has 8 heteroatoms. The molecule has 3 heterocycles. The predicted octanol–water partition coefficient (Wildman–Crippen LogP) is 0.814. The minimum Gasteiger partial charge on any atom is -0.379 e. The van der Waals surface area contributed by atoms with E-state index < -0.39 is 0 Å². The normalized spacial score (nSPS) is 21.4. The molecule has 1 aromatic heterocycles. The Kier molecular flexibility index (Phi) is 7.23. The number of nitrogens with zero attached hydrogens (tertiary/aromatic N) is 3. The molecule has 0 spiro atoms. The number of piperidine rings is 1. The van der Waals surface area contributed by atoms with Gasteiger partial charge < -0.3 is 19.5 Å². The maximum absolute atomic E-state index is 12.5. The summed E-state index contributed by atoms with van der Waals surface area (Å²) in [4.78, 5) is 28.9. The molecule has 2 aliphatic rings. The first-order chi connectivity index (χ1) is 13.2. The number of hydrogen-bond acceptors (Lipinski definition) is 6. The van der Waals surface area contributed by atoms with E-state index in [0.29, 0.717) is 38.2 Å². The van der Waals surface area contributed by atoms with E-state index in [1.54, 1.807) is 0 Å². The van der Waals surface area contributed by atoms with Gasteiger partial charge in [0.1, 0.15) is 0 Å². The van der Waals surface area contributed by atoms with Gasteiger partial charge in [-0.2, -0.15) is 0 Å². The van der Waals surface area contributed by atoms with Gasteiger partial charge in [-0.15, -0.1) is 0 Å². The maximum Gasteiger partial charge on any atom is 0.225 e. The quantitative estimate of drug-likeness (QED) is 0.720. The Morgan fingerprint density at radius 1 is 1.33 bits per heavy atom. The standard InChI is InChI=1S/C19H30N4O4/c1-2-16-12-17(27-21-16)13-20-19(25)15-4-5-18(24)23(14-15)7-3-6-22-8-10-26-11-9-22/h12,15H,2-11,13-14H2,1H3,(H,20,25)/t15-/m0/s1. The number of hydrogen-bond donors (Lipinski definition) is 1. The molecule has 2 aliphatic heterocycles. The predicted molar refractivity (Wildman–Crippen MR) is 98.9 cm³/mol. The van der Waals surface area contributed by atoms with Crippen LogP contribution in [0.5, 0.6) is 0 Å². The molecule has 1 N–H and O–H groups in total. The van der Waals surface area contributed by atoms with Crippen molar-refractivity contribution in [3.05, 3.63) is 17.5 Å². The van der Waals surface area contributed by atoms with Crippen LogP contribution in [0.25, 0.3) is 0 Å². The van der Waals surface area contributed by atoms with Gasteiger partial charge in [0.25, 0.3) is 0 Å². The summed E-state index contributed by atoms with van der Waals surface area (Å²) in [6.07, 6.45) is 2.79. The first-order valence-electron chi connectivity index (χ1n) is 9.95. The van der Waals surface area contributed by atoms with Crippen LogP contribution in [-0.4, -0.2) is 72.7 Å². The van der Waals surface area contributed by atoms with Gasteiger partial charge in [-0.1, -0.05) is 12.1 Å². The second-order valence-corrected chi connectivity index (χ2v) is 7.24. The molecule has 1 aromatic rings. The number of aryl methyl sites for hydroxylation is 1. The number of nitrogens with one attached hydrogen (secondary N) is 1. The molecule has 2 fully saturated rings. The minimum atomic E-state index is -0.153. The highest BCUT2D eigenvalue weighted by Gasteiger charge is 2.30. The van der Waals surface area contributed by atoms with Crippen molar-refractivity contribution < 1.29 is 18.8 Å². The average Bonchev–Trinajstić information content (AvgIpc) is 3.16. The van der Waals surface area contributed by atoms with Gasteiger partial charge in [-0.3, -0.25) is 14.5 Å². The zero-order valence-corrected chi connectivity index (χ0v) is 16.1. The molecule has 150 valence electrons. The molecular formula is C19H30N4O4. The van der Waals surface area contributed by atoms with E-state index in [-0.39, 0.29) is 17.7 Å². The molecule has 0 radical (unpaired) electrons. The summed E-state index contributed by atoms with van der Waals surface area (Å²) >= 11 is 0. The van der Waals surface area contributed by atoms with Crippen molar-refractivity contribution in [3.8, 4) is 0 Å². The first-order valence-corrected chi connectivity index (χ1v) is 9.95. The van der Waals surface area contributed by atoms with Crippen LogP contribution in [0.15, 0.2) is 10.6 Å². The lowest BCUT2D eigenvalue weighted by Crippen LogP contribution is -2.46. The highest BCUT2D eigenvalue weighted by Crippen LogP contribution is 2.18. The molecule has 2 amide bonds. The fourth-order valence-electron chi connectivity index (χ4n) is 3.58. The maximum atomic E-state index is 12.5. The number of aromatic nitrogens is 1. The van der Waals surface area contributed by atoms with Crippen LogP contribution < -0.4 is 5.32 Å². The minimum absolute atomic E-state index is 0.0184. The molecule has 0 aliphatic carbocycles. The van der Waals surface area contributed by atoms with E-state index in [9.17, 15) is 9.59 Å². The molecule has 8 nitrogen and oxygen atoms in total. The van der Waals surface area contributed by atoms with Crippen molar-refractivity contribution >= 4 is 11.8 Å². The molecule has 27 heavy (non-hydrogen) atoms. The third-order valence-corrected chi connectivity index (χ3v) is 5.28. The summed E-state index contributed by atoms with van der Waals surface area (Å²) in [5, 5.41) is 6.84. The Morgan fingerprint density at radius 2 is 2.15 bits per heavy atom. The van der Waals surface area contributed by atoms with Gasteiger partial charge >= 0.3 is 0 Å². The number of amides is 2. The second kappa shape index (κ2) is 9.85. The molecule has 2 saturated heterocycles. The summed E-state index contributed by atoms with van der Waals surface area (Å²) in [6, 6.07) is 1.86. The van der Waals surface area contributed by atoms with E-state index in [1.165, 1.54) is 0 Å². The number of carbonyl (C=O) groups excluding carboxylic acids is 2. The zero-order chi connectivity index (χ0) is 19.1. The lowest BCUT2D eigenvalue weighted by molar-refractivity contribution is -0.138. The van der Waals surface area contributed by atoms with Crippen molar-refractivity contribution in [2.24, 2.45) is 5.92 Å². The Hall–Kier alpha value is -1.93. The smallest absolute Gasteiger partial charge is 0.225 e. The van der Waals surface area contributed by atoms with Crippen LogP contribution in [0.3, 0.4) is 0 Å². The van der Waals surface area contributed by atoms with Gasteiger partial charge in [0.2, 0.25) is 11.8 Å². The van der Waals surface area contributed by atoms with Crippen molar-refractivity contribution in [3.63, 3.8) is 0 Å². The third kappa shape index (κ3) is 5.77. The van der Waals surface area contributed by atoms with Gasteiger partial charge in [0.15, 0.2) is 5.76 Å². The molecule has 1 atom stereocenters. The van der Waals surface area contributed by atoms with E-state index in [1.807, 2.05) is 17.9 Å². The molecule has 3 rings (SSSR count). The van der Waals surface area contributed by atoms with Gasteiger partial charge in [-0.05, 0) is 19.3 Å². The highest BCUT2D eigenvalue weighted by molar-refractivity contribution is 5.83. The van der Waals surface area contributed by atoms with Crippen molar-refractivity contribution in [1.29, 1.82) is 0 Å². The topological polar surface area (TPSA) is 87.9 Å². The van der Waals surface area contributed by atoms with Crippen molar-refractivity contribution in [2.75, 3.05) is 45.9 Å². The Bertz CT molecular complexity index is 627. The van der Waals surface area contributed by atoms with E-state index in [4.69, 9.17) is 9.26 Å². The molecule has 0 saturated carbocycles. The summed E-state index contributed by atoms with van der Waals surface area (Å²) in [5.74, 6) is 0.646. The monoisotopic (exact) mass is 378 g/mol. The van der Waals surface area contributed by atoms with Crippen LogP contribution in [0.1, 0.15) is 37.6 Å². The van der Waals surface area contributed by atoms with Crippen LogP contribution in [0.2, 0.25) is 0 Å². The number of morpholine rings is 1. The van der Waals surface area contributed by atoms with Crippen LogP contribution in [-0.2, 0) is 27.3 Å². The summed E-state index contributed by atoms with van der Waals surface area (Å²) in [7, 11) is 0. The number of rotatable bonds is 8. The van der Waals surface area contributed by atoms with Gasteiger partial charge in [0.05, 0.1) is 31.4 Å². The lowest BCUT2D eigenvalue weighted by atomic mass is 9.96. The third-order valence-electron chi connectivity index (χ3n) is 5.28. The van der Waals surface area contributed by atoms with E-state index >= 15 is 0 Å². The number of likely N-dealkylation sites (tertiary alicyclic amines) is 1. The van der Waals surface area contributed by atoms with Crippen molar-refractivity contribution in [2.45, 2.75) is 39.2 Å². The highest BCUT2D eigenvalue weighted by atomic mass is 16.5. The zero-order valence-electron chi connectivity index (χ0n) is 16.1. The van der Waals surface area contributed by atoms with Crippen LogP contribution in [0.4, 0.5) is 0 Å². The number of ether oxygens (including phenoxy) is 1. The van der Waals surface area contributed by atoms with Crippen LogP contribution in [0, 0.1) is 5.92 Å². The largest absolute Gasteiger partial charge is 0.379 e. The van der Waals surface area contributed by atoms with Crippen molar-refractivity contribution in [1.82, 2.24) is 20.3 Å². The Morgan fingerprint density at radius 3 is 2.89 bits per heavy atom. The van der Waals surface area contributed by atoms with Gasteiger partial charge in [-0.25, -0.2) is 0 Å². The SMILES string of the molecule is CCc1cc(CNC(=O)[C@H]2CCC(=O)N(CCCN3CCOCC3)C2)on1. The summed E-state index contributed by atoms with van der Waals surface area (Å²) < 4.78 is 10.6. The van der Waals surface area contributed by atoms with Gasteiger partial charge in [0, 0.05) is 45.2 Å². The summed E-state index contributed by atoms with van der Waals surface area (Å²) in [6.45, 7) is 8.02. The average molecular weight is 378 g/mol. The first kappa shape index (κ1) is 19.8. The van der Waals surface area contributed by atoms with Crippen LogP contribution >= 0.6 is 0 Å².